The number of ether oxygens (including phenoxy) is 1. The summed E-state index contributed by atoms with van der Waals surface area (Å²) in [5.74, 6) is -0.151. The molecule has 0 bridgehead atoms. The molecule has 3 N–H and O–H groups in total. The Morgan fingerprint density at radius 1 is 1.31 bits per heavy atom. The Hall–Kier alpha value is -1.60. The monoisotopic (exact) mass is 398 g/mol. The van der Waals surface area contributed by atoms with Gasteiger partial charge in [0.15, 0.2) is 0 Å². The molecule has 1 aliphatic rings. The van der Waals surface area contributed by atoms with Gasteiger partial charge in [0.25, 0.3) is 5.91 Å². The Labute approximate surface area is 164 Å². The summed E-state index contributed by atoms with van der Waals surface area (Å²) in [6.07, 6.45) is 1.97. The molecular weight excluding hydrogens is 375 g/mol. The van der Waals surface area contributed by atoms with Gasteiger partial charge in [0.2, 0.25) is 0 Å². The average molecular weight is 399 g/mol. The van der Waals surface area contributed by atoms with Crippen LogP contribution >= 0.6 is 24.0 Å². The highest BCUT2D eigenvalue weighted by Crippen LogP contribution is 2.28. The number of piperidine rings is 1. The van der Waals surface area contributed by atoms with Crippen molar-refractivity contribution in [2.45, 2.75) is 12.8 Å². The van der Waals surface area contributed by atoms with Gasteiger partial charge < -0.3 is 15.4 Å². The molecule has 0 spiro atoms. The SMILES string of the molecule is COCC1(CNC(=O)c2cc(-c3ccc(Cl)cc3)n[nH]2)CCNCC1.Cl. The number of nitrogens with one attached hydrogen (secondary N) is 3. The van der Waals surface area contributed by atoms with E-state index in [1.807, 2.05) is 12.1 Å². The van der Waals surface area contributed by atoms with Crippen LogP contribution in [0.15, 0.2) is 30.3 Å². The number of benzene rings is 1. The van der Waals surface area contributed by atoms with Crippen molar-refractivity contribution in [3.63, 3.8) is 0 Å². The fourth-order valence-electron chi connectivity index (χ4n) is 3.21. The third-order valence-electron chi connectivity index (χ3n) is 4.70. The van der Waals surface area contributed by atoms with Crippen LogP contribution in [0.3, 0.4) is 0 Å². The first-order valence-electron chi connectivity index (χ1n) is 8.41. The summed E-state index contributed by atoms with van der Waals surface area (Å²) >= 11 is 5.90. The van der Waals surface area contributed by atoms with Crippen LogP contribution < -0.4 is 10.6 Å². The third-order valence-corrected chi connectivity index (χ3v) is 4.95. The summed E-state index contributed by atoms with van der Waals surface area (Å²) in [4.78, 5) is 12.5. The zero-order valence-corrected chi connectivity index (χ0v) is 16.3. The second-order valence-corrected chi connectivity index (χ2v) is 6.98. The minimum absolute atomic E-state index is 0. The zero-order valence-electron chi connectivity index (χ0n) is 14.7. The molecule has 6 nitrogen and oxygen atoms in total. The van der Waals surface area contributed by atoms with Crippen LogP contribution in [0.2, 0.25) is 5.02 Å². The van der Waals surface area contributed by atoms with Gasteiger partial charge in [-0.25, -0.2) is 0 Å². The molecule has 26 heavy (non-hydrogen) atoms. The van der Waals surface area contributed by atoms with E-state index in [9.17, 15) is 4.79 Å². The van der Waals surface area contributed by atoms with E-state index in [1.165, 1.54) is 0 Å². The maximum absolute atomic E-state index is 12.5. The highest BCUT2D eigenvalue weighted by atomic mass is 35.5. The molecule has 1 amide bonds. The van der Waals surface area contributed by atoms with Gasteiger partial charge in [0.05, 0.1) is 12.3 Å². The van der Waals surface area contributed by atoms with Crippen molar-refractivity contribution in [1.29, 1.82) is 0 Å². The highest BCUT2D eigenvalue weighted by molar-refractivity contribution is 6.30. The molecule has 1 aromatic heterocycles. The Bertz CT molecular complexity index is 707. The summed E-state index contributed by atoms with van der Waals surface area (Å²) in [5, 5.41) is 14.1. The van der Waals surface area contributed by atoms with Gasteiger partial charge >= 0.3 is 0 Å². The van der Waals surface area contributed by atoms with Crippen molar-refractivity contribution in [2.75, 3.05) is 33.4 Å². The minimum atomic E-state index is -0.151. The number of aromatic amines is 1. The van der Waals surface area contributed by atoms with E-state index in [0.717, 1.165) is 37.2 Å². The van der Waals surface area contributed by atoms with Crippen LogP contribution in [-0.2, 0) is 4.74 Å². The quantitative estimate of drug-likeness (QED) is 0.698. The summed E-state index contributed by atoms with van der Waals surface area (Å²) in [7, 11) is 1.71. The molecule has 0 aliphatic carbocycles. The van der Waals surface area contributed by atoms with Crippen molar-refractivity contribution in [3.05, 3.63) is 41.0 Å². The molecule has 0 atom stereocenters. The largest absolute Gasteiger partial charge is 0.384 e. The van der Waals surface area contributed by atoms with Crippen molar-refractivity contribution in [2.24, 2.45) is 5.41 Å². The van der Waals surface area contributed by atoms with E-state index < -0.39 is 0 Å². The zero-order chi connectivity index (χ0) is 17.7. The lowest BCUT2D eigenvalue weighted by Gasteiger charge is -2.37. The summed E-state index contributed by atoms with van der Waals surface area (Å²) in [6.45, 7) is 3.14. The second-order valence-electron chi connectivity index (χ2n) is 6.54. The Morgan fingerprint density at radius 3 is 2.65 bits per heavy atom. The van der Waals surface area contributed by atoms with E-state index in [0.29, 0.717) is 23.9 Å². The number of nitrogens with zero attached hydrogens (tertiary/aromatic N) is 1. The molecule has 8 heteroatoms. The lowest BCUT2D eigenvalue weighted by molar-refractivity contribution is 0.0510. The van der Waals surface area contributed by atoms with Crippen LogP contribution in [0.4, 0.5) is 0 Å². The van der Waals surface area contributed by atoms with Gasteiger partial charge in [0, 0.05) is 29.7 Å². The second kappa shape index (κ2) is 9.37. The van der Waals surface area contributed by atoms with E-state index in [4.69, 9.17) is 16.3 Å². The Balaban J connectivity index is 0.00000243. The first-order chi connectivity index (χ1) is 12.1. The number of carbonyl (C=O) groups is 1. The minimum Gasteiger partial charge on any atom is -0.384 e. The number of methoxy groups -OCH3 is 1. The summed E-state index contributed by atoms with van der Waals surface area (Å²) in [5.41, 5.74) is 2.07. The molecule has 0 saturated carbocycles. The number of carbonyl (C=O) groups excluding carboxylic acids is 1. The molecular formula is C18H24Cl2N4O2. The van der Waals surface area contributed by atoms with Crippen molar-refractivity contribution in [1.82, 2.24) is 20.8 Å². The number of rotatable bonds is 6. The van der Waals surface area contributed by atoms with Gasteiger partial charge in [0.1, 0.15) is 5.69 Å². The first-order valence-corrected chi connectivity index (χ1v) is 8.79. The summed E-state index contributed by atoms with van der Waals surface area (Å²) in [6, 6.07) is 9.11. The molecule has 1 aromatic carbocycles. The molecule has 0 radical (unpaired) electrons. The van der Waals surface area contributed by atoms with E-state index in [2.05, 4.69) is 20.8 Å². The van der Waals surface area contributed by atoms with Gasteiger partial charge in [-0.05, 0) is 44.1 Å². The van der Waals surface area contributed by atoms with Gasteiger partial charge in [-0.15, -0.1) is 12.4 Å². The van der Waals surface area contributed by atoms with Crippen LogP contribution in [0.25, 0.3) is 11.3 Å². The molecule has 3 rings (SSSR count). The van der Waals surface area contributed by atoms with Crippen molar-refractivity contribution < 1.29 is 9.53 Å². The average Bonchev–Trinajstić information content (AvgIpc) is 3.12. The van der Waals surface area contributed by atoms with Gasteiger partial charge in [-0.2, -0.15) is 5.10 Å². The molecule has 1 aliphatic heterocycles. The van der Waals surface area contributed by atoms with Crippen molar-refractivity contribution >= 4 is 29.9 Å². The lowest BCUT2D eigenvalue weighted by Crippen LogP contribution is -2.47. The smallest absolute Gasteiger partial charge is 0.269 e. The van der Waals surface area contributed by atoms with E-state index in [-0.39, 0.29) is 23.7 Å². The van der Waals surface area contributed by atoms with Crippen LogP contribution in [-0.4, -0.2) is 49.5 Å². The molecule has 2 aromatic rings. The number of H-pyrrole nitrogens is 1. The number of amides is 1. The van der Waals surface area contributed by atoms with Gasteiger partial charge in [-0.3, -0.25) is 9.89 Å². The number of hydrogen-bond acceptors (Lipinski definition) is 4. The first kappa shape index (κ1) is 20.7. The Kier molecular flexibility index (Phi) is 7.46. The maximum Gasteiger partial charge on any atom is 0.269 e. The topological polar surface area (TPSA) is 79.0 Å². The van der Waals surface area contributed by atoms with Gasteiger partial charge in [-0.1, -0.05) is 23.7 Å². The normalized spacial score (nSPS) is 15.9. The maximum atomic E-state index is 12.5. The van der Waals surface area contributed by atoms with Crippen LogP contribution in [0, 0.1) is 5.41 Å². The summed E-state index contributed by atoms with van der Waals surface area (Å²) < 4.78 is 5.38. The number of halogens is 2. The Morgan fingerprint density at radius 2 is 2.00 bits per heavy atom. The van der Waals surface area contributed by atoms with E-state index in [1.54, 1.807) is 25.3 Å². The highest BCUT2D eigenvalue weighted by Gasteiger charge is 2.32. The van der Waals surface area contributed by atoms with Crippen LogP contribution in [0.5, 0.6) is 0 Å². The predicted molar refractivity (Wildman–Crippen MR) is 105 cm³/mol. The fraction of sp³-hybridized carbons (Fsp3) is 0.444. The predicted octanol–water partition coefficient (Wildman–Crippen LogP) is 2.90. The lowest BCUT2D eigenvalue weighted by atomic mass is 9.79. The third kappa shape index (κ3) is 4.98. The molecule has 1 fully saturated rings. The van der Waals surface area contributed by atoms with E-state index >= 15 is 0 Å². The molecule has 2 heterocycles. The standard InChI is InChI=1S/C18H23ClN4O2.ClH/c1-25-12-18(6-8-20-9-7-18)11-21-17(24)16-10-15(22-23-16)13-2-4-14(19)5-3-13;/h2-5,10,20H,6-9,11-12H2,1H3,(H,21,24)(H,22,23);1H. The van der Waals surface area contributed by atoms with Crippen molar-refractivity contribution in [3.8, 4) is 11.3 Å². The molecule has 0 unspecified atom stereocenters. The number of aromatic nitrogens is 2. The fourth-order valence-corrected chi connectivity index (χ4v) is 3.33. The molecule has 1 saturated heterocycles. The van der Waals surface area contributed by atoms with Crippen LogP contribution in [0.1, 0.15) is 23.3 Å². The molecule has 142 valence electrons. The number of hydrogen-bond donors (Lipinski definition) is 3.